The van der Waals surface area contributed by atoms with Gasteiger partial charge < -0.3 is 4.90 Å². The van der Waals surface area contributed by atoms with Gasteiger partial charge in [0.15, 0.2) is 0 Å². The number of nitrogens with zero attached hydrogens (tertiary/aromatic N) is 2. The summed E-state index contributed by atoms with van der Waals surface area (Å²) in [5.74, 6) is 5.62. The van der Waals surface area contributed by atoms with Crippen LogP contribution >= 0.6 is 11.3 Å². The lowest BCUT2D eigenvalue weighted by molar-refractivity contribution is 0.0957. The van der Waals surface area contributed by atoms with Crippen molar-refractivity contribution in [3.63, 3.8) is 0 Å². The fourth-order valence-electron chi connectivity index (χ4n) is 2.19. The van der Waals surface area contributed by atoms with Crippen molar-refractivity contribution in [3.05, 3.63) is 21.4 Å². The lowest BCUT2D eigenvalue weighted by Gasteiger charge is -2.25. The number of nitrogens with one attached hydrogen (secondary N) is 1. The topological polar surface area (TPSA) is 61.6 Å². The van der Waals surface area contributed by atoms with E-state index >= 15 is 0 Å². The zero-order valence-electron chi connectivity index (χ0n) is 13.8. The summed E-state index contributed by atoms with van der Waals surface area (Å²) in [6, 6.07) is 1.96. The van der Waals surface area contributed by atoms with Gasteiger partial charge in [-0.15, -0.1) is 11.3 Å². The first-order chi connectivity index (χ1) is 9.83. The van der Waals surface area contributed by atoms with Crippen molar-refractivity contribution in [2.45, 2.75) is 27.3 Å². The van der Waals surface area contributed by atoms with Crippen LogP contribution in [0.2, 0.25) is 0 Å². The van der Waals surface area contributed by atoms with E-state index in [0.717, 1.165) is 26.2 Å². The molecule has 120 valence electrons. The van der Waals surface area contributed by atoms with Gasteiger partial charge in [0.05, 0.1) is 4.88 Å². The molecule has 1 aromatic heterocycles. The maximum atomic E-state index is 11.6. The van der Waals surface area contributed by atoms with Gasteiger partial charge in [-0.1, -0.05) is 13.8 Å². The molecule has 0 aliphatic heterocycles. The monoisotopic (exact) mass is 312 g/mol. The summed E-state index contributed by atoms with van der Waals surface area (Å²) < 4.78 is 0. The number of amides is 1. The normalized spacial score (nSPS) is 11.7. The molecular weight excluding hydrogens is 284 g/mol. The highest BCUT2D eigenvalue weighted by Gasteiger charge is 2.15. The second-order valence-electron chi connectivity index (χ2n) is 6.10. The van der Waals surface area contributed by atoms with Crippen LogP contribution in [-0.4, -0.2) is 49.4 Å². The molecule has 0 aromatic carbocycles. The van der Waals surface area contributed by atoms with Crippen molar-refractivity contribution in [2.75, 3.05) is 33.7 Å². The van der Waals surface area contributed by atoms with E-state index in [1.165, 1.54) is 21.8 Å². The highest BCUT2D eigenvalue weighted by atomic mass is 32.1. The number of hydrogen-bond donors (Lipinski definition) is 2. The summed E-state index contributed by atoms with van der Waals surface area (Å²) in [5, 5.41) is 0. The Bertz CT molecular complexity index is 457. The molecule has 0 radical (unpaired) electrons. The molecule has 5 nitrogen and oxygen atoms in total. The van der Waals surface area contributed by atoms with Crippen LogP contribution < -0.4 is 11.3 Å². The van der Waals surface area contributed by atoms with E-state index in [1.807, 2.05) is 6.07 Å². The largest absolute Gasteiger partial charge is 0.308 e. The Morgan fingerprint density at radius 2 is 2.05 bits per heavy atom. The number of likely N-dealkylation sites (N-methyl/N-ethyl adjacent to an activating group) is 1. The van der Waals surface area contributed by atoms with E-state index in [0.29, 0.717) is 10.8 Å². The molecule has 6 heteroatoms. The highest BCUT2D eigenvalue weighted by Crippen LogP contribution is 2.23. The predicted octanol–water partition coefficient (Wildman–Crippen LogP) is 1.68. The predicted molar refractivity (Wildman–Crippen MR) is 89.4 cm³/mol. The first-order valence-electron chi connectivity index (χ1n) is 7.30. The number of nitrogen functional groups attached to an aromatic ring is 1. The number of aryl methyl sites for hydroxylation is 1. The van der Waals surface area contributed by atoms with E-state index in [1.54, 1.807) is 0 Å². The summed E-state index contributed by atoms with van der Waals surface area (Å²) in [6.07, 6.45) is 0. The third kappa shape index (κ3) is 6.13. The molecule has 0 aliphatic carbocycles. The van der Waals surface area contributed by atoms with Crippen molar-refractivity contribution >= 4 is 17.2 Å². The molecule has 0 saturated carbocycles. The second-order valence-corrected chi connectivity index (χ2v) is 7.35. The molecule has 0 aliphatic rings. The van der Waals surface area contributed by atoms with Crippen molar-refractivity contribution in [3.8, 4) is 0 Å². The minimum atomic E-state index is -0.210. The van der Waals surface area contributed by atoms with Crippen molar-refractivity contribution in [1.29, 1.82) is 0 Å². The maximum absolute atomic E-state index is 11.6. The van der Waals surface area contributed by atoms with E-state index < -0.39 is 0 Å². The van der Waals surface area contributed by atoms with Crippen LogP contribution in [-0.2, 0) is 6.54 Å². The van der Waals surface area contributed by atoms with E-state index in [-0.39, 0.29) is 5.91 Å². The summed E-state index contributed by atoms with van der Waals surface area (Å²) in [4.78, 5) is 18.1. The highest BCUT2D eigenvalue weighted by molar-refractivity contribution is 7.14. The maximum Gasteiger partial charge on any atom is 0.275 e. The molecule has 0 bridgehead atoms. The fraction of sp³-hybridized carbons (Fsp3) is 0.667. The number of hydrazine groups is 1. The SMILES string of the molecule is Cc1sc(C(=O)NN)cc1CN(CCN(C)C)CC(C)C. The van der Waals surface area contributed by atoms with Crippen LogP contribution in [0.25, 0.3) is 0 Å². The second kappa shape index (κ2) is 8.48. The Kier molecular flexibility index (Phi) is 7.31. The molecule has 1 aromatic rings. The van der Waals surface area contributed by atoms with E-state index in [4.69, 9.17) is 5.84 Å². The molecule has 0 fully saturated rings. The van der Waals surface area contributed by atoms with Crippen LogP contribution in [0, 0.1) is 12.8 Å². The number of nitrogens with two attached hydrogens (primary N) is 1. The molecule has 0 saturated heterocycles. The fourth-order valence-corrected chi connectivity index (χ4v) is 3.13. The van der Waals surface area contributed by atoms with Crippen molar-refractivity contribution in [2.24, 2.45) is 11.8 Å². The molecule has 21 heavy (non-hydrogen) atoms. The molecular formula is C15H28N4OS. The van der Waals surface area contributed by atoms with Gasteiger partial charge in [-0.05, 0) is 38.6 Å². The number of hydrogen-bond acceptors (Lipinski definition) is 5. The van der Waals surface area contributed by atoms with Gasteiger partial charge in [0, 0.05) is 31.1 Å². The quantitative estimate of drug-likeness (QED) is 0.435. The zero-order valence-corrected chi connectivity index (χ0v) is 14.6. The third-order valence-corrected chi connectivity index (χ3v) is 4.35. The summed E-state index contributed by atoms with van der Waals surface area (Å²) >= 11 is 1.50. The Labute approximate surface area is 132 Å². The van der Waals surface area contributed by atoms with Gasteiger partial charge in [0.2, 0.25) is 0 Å². The smallest absolute Gasteiger partial charge is 0.275 e. The molecule has 0 unspecified atom stereocenters. The molecule has 1 amide bonds. The first kappa shape index (κ1) is 18.1. The molecule has 3 N–H and O–H groups in total. The number of carbonyl (C=O) groups is 1. The third-order valence-electron chi connectivity index (χ3n) is 3.26. The minimum Gasteiger partial charge on any atom is -0.308 e. The van der Waals surface area contributed by atoms with Gasteiger partial charge in [0.25, 0.3) is 5.91 Å². The zero-order chi connectivity index (χ0) is 16.0. The van der Waals surface area contributed by atoms with Gasteiger partial charge in [-0.25, -0.2) is 5.84 Å². The Morgan fingerprint density at radius 1 is 1.38 bits per heavy atom. The summed E-state index contributed by atoms with van der Waals surface area (Å²) in [7, 11) is 4.18. The van der Waals surface area contributed by atoms with Gasteiger partial charge >= 0.3 is 0 Å². The van der Waals surface area contributed by atoms with E-state index in [9.17, 15) is 4.79 Å². The molecule has 0 spiro atoms. The minimum absolute atomic E-state index is 0.210. The van der Waals surface area contributed by atoms with Gasteiger partial charge in [0.1, 0.15) is 0 Å². The summed E-state index contributed by atoms with van der Waals surface area (Å²) in [6.45, 7) is 10.5. The van der Waals surface area contributed by atoms with Crippen molar-refractivity contribution < 1.29 is 4.79 Å². The Hall–Kier alpha value is -0.950. The standard InChI is InChI=1S/C15H28N4OS/c1-11(2)9-19(7-6-18(4)5)10-13-8-14(15(20)17-16)21-12(13)3/h8,11H,6-7,9-10,16H2,1-5H3,(H,17,20). The van der Waals surface area contributed by atoms with Crippen LogP contribution in [0.1, 0.15) is 34.0 Å². The lowest BCUT2D eigenvalue weighted by atomic mass is 10.1. The average molecular weight is 312 g/mol. The Morgan fingerprint density at radius 3 is 2.57 bits per heavy atom. The molecule has 1 heterocycles. The van der Waals surface area contributed by atoms with Crippen LogP contribution in [0.5, 0.6) is 0 Å². The van der Waals surface area contributed by atoms with E-state index in [2.05, 4.69) is 50.1 Å². The van der Waals surface area contributed by atoms with Crippen LogP contribution in [0.15, 0.2) is 6.07 Å². The number of carbonyl (C=O) groups excluding carboxylic acids is 1. The average Bonchev–Trinajstić information content (AvgIpc) is 2.76. The van der Waals surface area contributed by atoms with Crippen molar-refractivity contribution in [1.82, 2.24) is 15.2 Å². The van der Waals surface area contributed by atoms with Crippen LogP contribution in [0.3, 0.4) is 0 Å². The molecule has 0 atom stereocenters. The van der Waals surface area contributed by atoms with Gasteiger partial charge in [-0.2, -0.15) is 0 Å². The first-order valence-corrected chi connectivity index (χ1v) is 8.12. The Balaban J connectivity index is 2.77. The van der Waals surface area contributed by atoms with Crippen LogP contribution in [0.4, 0.5) is 0 Å². The summed E-state index contributed by atoms with van der Waals surface area (Å²) in [5.41, 5.74) is 3.42. The number of rotatable bonds is 8. The molecule has 1 rings (SSSR count). The van der Waals surface area contributed by atoms with Gasteiger partial charge in [-0.3, -0.25) is 15.1 Å². The lowest BCUT2D eigenvalue weighted by Crippen LogP contribution is -2.34. The number of thiophene rings is 1.